The number of unbranched alkanes of at least 4 members (excludes halogenated alkanes) is 44. The van der Waals surface area contributed by atoms with Crippen molar-refractivity contribution in [3.63, 3.8) is 0 Å². The first-order chi connectivity index (χ1) is 35.3. The number of ether oxygens (including phenoxy) is 3. The van der Waals surface area contributed by atoms with Gasteiger partial charge in [0.2, 0.25) is 0 Å². The Morgan fingerprint density at radius 3 is 0.792 bits per heavy atom. The van der Waals surface area contributed by atoms with Crippen LogP contribution in [-0.2, 0) is 28.6 Å². The zero-order chi connectivity index (χ0) is 52.5. The summed E-state index contributed by atoms with van der Waals surface area (Å²) in [6, 6.07) is 0. The smallest absolute Gasteiger partial charge is 0.306 e. The van der Waals surface area contributed by atoms with Crippen LogP contribution in [0.25, 0.3) is 0 Å². The highest BCUT2D eigenvalue weighted by Crippen LogP contribution is 2.19. The van der Waals surface area contributed by atoms with E-state index in [1.54, 1.807) is 0 Å². The SMILES string of the molecule is CCCCCCCCCCCCCCCC(=O)OC[C@H](COC(=O)CCCCCCCCCCCCCCCCCCCCC(C)CC)OC(=O)CCCCCCCCCCCCCCCCCCC(C)C. The van der Waals surface area contributed by atoms with Gasteiger partial charge in [-0.25, -0.2) is 0 Å². The molecule has 0 N–H and O–H groups in total. The zero-order valence-corrected chi connectivity index (χ0v) is 49.6. The second kappa shape index (κ2) is 58.7. The van der Waals surface area contributed by atoms with Crippen molar-refractivity contribution in [1.82, 2.24) is 0 Å². The van der Waals surface area contributed by atoms with Gasteiger partial charge in [-0.2, -0.15) is 0 Å². The minimum Gasteiger partial charge on any atom is -0.462 e. The van der Waals surface area contributed by atoms with E-state index in [9.17, 15) is 14.4 Å². The monoisotopic (exact) mass is 1020 g/mol. The van der Waals surface area contributed by atoms with Crippen LogP contribution in [0.2, 0.25) is 0 Å². The van der Waals surface area contributed by atoms with Crippen LogP contribution in [0, 0.1) is 11.8 Å². The Labute approximate surface area is 450 Å². The highest BCUT2D eigenvalue weighted by atomic mass is 16.6. The molecule has 0 aromatic carbocycles. The molecule has 72 heavy (non-hydrogen) atoms. The molecule has 0 aliphatic carbocycles. The van der Waals surface area contributed by atoms with Gasteiger partial charge >= 0.3 is 17.9 Å². The Kier molecular flexibility index (Phi) is 57.4. The van der Waals surface area contributed by atoms with Crippen LogP contribution in [0.4, 0.5) is 0 Å². The highest BCUT2D eigenvalue weighted by Gasteiger charge is 2.19. The van der Waals surface area contributed by atoms with Gasteiger partial charge in [-0.1, -0.05) is 336 Å². The molecular weight excluding hydrogens is 889 g/mol. The molecular formula is C66H128O6. The Morgan fingerprint density at radius 1 is 0.292 bits per heavy atom. The standard InChI is InChI=1S/C66H128O6/c1-6-8-9-10-11-12-13-24-31-36-41-46-51-56-64(67)70-59-63(72-66(69)58-53-48-43-38-33-28-23-19-18-20-25-29-34-39-44-49-54-61(3)4)60-71-65(68)57-52-47-42-37-32-27-22-17-15-14-16-21-26-30-35-40-45-50-55-62(5)7-2/h61-63H,6-60H2,1-5H3/t62?,63-/m1/s1. The van der Waals surface area contributed by atoms with E-state index in [-0.39, 0.29) is 31.1 Å². The second-order valence-corrected chi connectivity index (χ2v) is 23.5. The molecule has 428 valence electrons. The molecule has 0 fully saturated rings. The largest absolute Gasteiger partial charge is 0.462 e. The van der Waals surface area contributed by atoms with Gasteiger partial charge in [-0.15, -0.1) is 0 Å². The third-order valence-electron chi connectivity index (χ3n) is 15.6. The molecule has 0 rings (SSSR count). The lowest BCUT2D eigenvalue weighted by Crippen LogP contribution is -2.30. The lowest BCUT2D eigenvalue weighted by atomic mass is 9.99. The second-order valence-electron chi connectivity index (χ2n) is 23.5. The normalized spacial score (nSPS) is 12.4. The number of hydrogen-bond donors (Lipinski definition) is 0. The quantitative estimate of drug-likeness (QED) is 0.0343. The molecule has 0 aromatic rings. The Balaban J connectivity index is 4.24. The fourth-order valence-corrected chi connectivity index (χ4v) is 10.3. The maximum atomic E-state index is 12.9. The van der Waals surface area contributed by atoms with Crippen molar-refractivity contribution in [2.24, 2.45) is 11.8 Å². The predicted molar refractivity (Wildman–Crippen MR) is 312 cm³/mol. The van der Waals surface area contributed by atoms with Crippen molar-refractivity contribution in [3.05, 3.63) is 0 Å². The average Bonchev–Trinajstić information content (AvgIpc) is 3.37. The van der Waals surface area contributed by atoms with Gasteiger partial charge in [0.25, 0.3) is 0 Å². The van der Waals surface area contributed by atoms with Crippen LogP contribution in [0.3, 0.4) is 0 Å². The minimum absolute atomic E-state index is 0.0616. The van der Waals surface area contributed by atoms with Crippen molar-refractivity contribution in [2.75, 3.05) is 13.2 Å². The summed E-state index contributed by atoms with van der Waals surface area (Å²) in [5.74, 6) is 0.932. The molecule has 6 nitrogen and oxygen atoms in total. The van der Waals surface area contributed by atoms with E-state index in [2.05, 4.69) is 34.6 Å². The summed E-state index contributed by atoms with van der Waals surface area (Å²) in [5, 5.41) is 0. The van der Waals surface area contributed by atoms with Gasteiger partial charge in [0.1, 0.15) is 13.2 Å². The Bertz CT molecular complexity index is 1110. The Morgan fingerprint density at radius 2 is 0.528 bits per heavy atom. The van der Waals surface area contributed by atoms with Crippen molar-refractivity contribution in [3.8, 4) is 0 Å². The molecule has 0 aliphatic heterocycles. The molecule has 0 bridgehead atoms. The fourth-order valence-electron chi connectivity index (χ4n) is 10.3. The molecule has 0 saturated carbocycles. The van der Waals surface area contributed by atoms with Gasteiger partial charge in [0, 0.05) is 19.3 Å². The molecule has 0 heterocycles. The number of esters is 3. The summed E-state index contributed by atoms with van der Waals surface area (Å²) in [7, 11) is 0. The van der Waals surface area contributed by atoms with Crippen LogP contribution >= 0.6 is 0 Å². The van der Waals surface area contributed by atoms with Crippen LogP contribution in [0.5, 0.6) is 0 Å². The first-order valence-corrected chi connectivity index (χ1v) is 32.8. The van der Waals surface area contributed by atoms with Gasteiger partial charge in [-0.05, 0) is 31.1 Å². The molecule has 1 unspecified atom stereocenters. The summed E-state index contributed by atoms with van der Waals surface area (Å²) < 4.78 is 17.0. The first kappa shape index (κ1) is 70.4. The van der Waals surface area contributed by atoms with E-state index in [0.717, 1.165) is 69.6 Å². The first-order valence-electron chi connectivity index (χ1n) is 32.8. The Hall–Kier alpha value is -1.59. The van der Waals surface area contributed by atoms with E-state index in [0.29, 0.717) is 19.3 Å². The van der Waals surface area contributed by atoms with Crippen LogP contribution in [-0.4, -0.2) is 37.2 Å². The third-order valence-corrected chi connectivity index (χ3v) is 15.6. The summed E-state index contributed by atoms with van der Waals surface area (Å²) in [6.45, 7) is 11.5. The topological polar surface area (TPSA) is 78.9 Å². The summed E-state index contributed by atoms with van der Waals surface area (Å²) in [4.78, 5) is 38.3. The molecule has 0 aromatic heterocycles. The molecule has 0 amide bonds. The van der Waals surface area contributed by atoms with Gasteiger partial charge < -0.3 is 14.2 Å². The fraction of sp³-hybridized carbons (Fsp3) is 0.955. The zero-order valence-electron chi connectivity index (χ0n) is 49.6. The number of rotatable bonds is 60. The van der Waals surface area contributed by atoms with Gasteiger partial charge in [0.05, 0.1) is 0 Å². The van der Waals surface area contributed by atoms with Crippen LogP contribution < -0.4 is 0 Å². The van der Waals surface area contributed by atoms with Crippen molar-refractivity contribution in [1.29, 1.82) is 0 Å². The van der Waals surface area contributed by atoms with Crippen molar-refractivity contribution < 1.29 is 28.6 Å². The summed E-state index contributed by atoms with van der Waals surface area (Å²) in [5.41, 5.74) is 0. The van der Waals surface area contributed by atoms with Crippen LogP contribution in [0.15, 0.2) is 0 Å². The maximum absolute atomic E-state index is 12.9. The van der Waals surface area contributed by atoms with E-state index < -0.39 is 6.10 Å². The van der Waals surface area contributed by atoms with E-state index in [1.165, 1.54) is 263 Å². The third kappa shape index (κ3) is 57.7. The highest BCUT2D eigenvalue weighted by molar-refractivity contribution is 5.71. The molecule has 0 aliphatic rings. The average molecular weight is 1020 g/mol. The van der Waals surface area contributed by atoms with Crippen molar-refractivity contribution >= 4 is 17.9 Å². The van der Waals surface area contributed by atoms with E-state index >= 15 is 0 Å². The molecule has 0 saturated heterocycles. The maximum Gasteiger partial charge on any atom is 0.306 e. The van der Waals surface area contributed by atoms with Crippen LogP contribution in [0.1, 0.15) is 375 Å². The van der Waals surface area contributed by atoms with E-state index in [4.69, 9.17) is 14.2 Å². The predicted octanol–water partition coefficient (Wildman–Crippen LogP) is 22.0. The number of hydrogen-bond acceptors (Lipinski definition) is 6. The van der Waals surface area contributed by atoms with Gasteiger partial charge in [-0.3, -0.25) is 14.4 Å². The van der Waals surface area contributed by atoms with Crippen molar-refractivity contribution in [2.45, 2.75) is 381 Å². The number of carbonyl (C=O) groups is 3. The summed E-state index contributed by atoms with van der Waals surface area (Å²) >= 11 is 0. The minimum atomic E-state index is -0.763. The molecule has 0 radical (unpaired) electrons. The molecule has 6 heteroatoms. The molecule has 2 atom stereocenters. The van der Waals surface area contributed by atoms with E-state index in [1.807, 2.05) is 0 Å². The molecule has 0 spiro atoms. The summed E-state index contributed by atoms with van der Waals surface area (Å²) in [6.07, 6.45) is 65.3. The lowest BCUT2D eigenvalue weighted by Gasteiger charge is -2.18. The number of carbonyl (C=O) groups excluding carboxylic acids is 3. The van der Waals surface area contributed by atoms with Gasteiger partial charge in [0.15, 0.2) is 6.10 Å². The lowest BCUT2D eigenvalue weighted by molar-refractivity contribution is -0.167.